The van der Waals surface area contributed by atoms with Gasteiger partial charge in [0.25, 0.3) is 0 Å². The zero-order valence-electron chi connectivity index (χ0n) is 41.5. The van der Waals surface area contributed by atoms with Gasteiger partial charge in [0.1, 0.15) is 23.0 Å². The van der Waals surface area contributed by atoms with E-state index in [0.717, 1.165) is 50.1 Å². The number of ether oxygens (including phenoxy) is 2. The third kappa shape index (κ3) is 11.1. The fraction of sp³-hybridized carbons (Fsp3) is 0.101. The van der Waals surface area contributed by atoms with Crippen LogP contribution in [0.25, 0.3) is 44.5 Å². The van der Waals surface area contributed by atoms with Gasteiger partial charge in [0.15, 0.2) is 0 Å². The van der Waals surface area contributed by atoms with Gasteiger partial charge in [0, 0.05) is 80.3 Å². The molecule has 74 heavy (non-hydrogen) atoms. The number of aryl methyl sites for hydroxylation is 2. The number of rotatable bonds is 10. The SMILES string of the molecule is C#CC#CC#C[CH2-].Cc1cc(-c2ccccc2OCCCOc2ccccc2-c2cc(C)cc(C3c4ccccc4-c4ccccc43)c2O)c(O)c(C2c3ccccc3-c3ccccc32)c1.[CH2-]c1ccccc1.[HH].[HH].[Hf]. The Morgan fingerprint density at radius 1 is 0.446 bits per heavy atom. The first kappa shape index (κ1) is 51.8. The maximum atomic E-state index is 12.1. The van der Waals surface area contributed by atoms with Gasteiger partial charge in [0.05, 0.1) is 13.2 Å². The molecule has 9 aromatic carbocycles. The summed E-state index contributed by atoms with van der Waals surface area (Å²) >= 11 is 0. The van der Waals surface area contributed by atoms with Gasteiger partial charge >= 0.3 is 0 Å². The van der Waals surface area contributed by atoms with Crippen molar-refractivity contribution in [2.24, 2.45) is 0 Å². The van der Waals surface area contributed by atoms with Crippen LogP contribution in [0.4, 0.5) is 0 Å². The number of benzene rings is 9. The van der Waals surface area contributed by atoms with E-state index in [0.29, 0.717) is 31.1 Å². The molecule has 4 nitrogen and oxygen atoms in total. The van der Waals surface area contributed by atoms with Crippen LogP contribution in [-0.2, 0) is 25.8 Å². The number of para-hydroxylation sites is 2. The topological polar surface area (TPSA) is 58.9 Å². The first-order valence-electron chi connectivity index (χ1n) is 24.3. The van der Waals surface area contributed by atoms with Gasteiger partial charge < -0.3 is 19.7 Å². The van der Waals surface area contributed by atoms with E-state index >= 15 is 0 Å². The summed E-state index contributed by atoms with van der Waals surface area (Å²) in [5.74, 6) is 13.3. The number of phenolic OH excluding ortho intramolecular Hbond substituents is 2. The molecule has 0 heterocycles. The molecule has 2 N–H and O–H groups in total. The second-order valence-electron chi connectivity index (χ2n) is 17.9. The van der Waals surface area contributed by atoms with Gasteiger partial charge in [-0.05, 0) is 106 Å². The molecule has 9 aromatic rings. The van der Waals surface area contributed by atoms with Crippen LogP contribution in [0.15, 0.2) is 200 Å². The van der Waals surface area contributed by atoms with Crippen LogP contribution in [0.2, 0.25) is 0 Å². The maximum Gasteiger partial charge on any atom is 0.127 e. The summed E-state index contributed by atoms with van der Waals surface area (Å²) in [5, 5.41) is 24.1. The zero-order chi connectivity index (χ0) is 50.7. The van der Waals surface area contributed by atoms with Crippen LogP contribution in [0.1, 0.15) is 71.2 Å². The van der Waals surface area contributed by atoms with Crippen molar-refractivity contribution in [1.29, 1.82) is 0 Å². The molecule has 2 aliphatic rings. The van der Waals surface area contributed by atoms with Crippen molar-refractivity contribution in [1.82, 2.24) is 0 Å². The Labute approximate surface area is 458 Å². The van der Waals surface area contributed by atoms with Crippen molar-refractivity contribution in [3.05, 3.63) is 264 Å². The number of terminal acetylenes is 1. The van der Waals surface area contributed by atoms with Gasteiger partial charge in [-0.1, -0.05) is 152 Å². The minimum atomic E-state index is -0.0707. The number of hydrogen-bond donors (Lipinski definition) is 2. The quantitative estimate of drug-likeness (QED) is 0.0620. The Balaban J connectivity index is 0.000000485. The minimum absolute atomic E-state index is 0. The molecule has 0 unspecified atom stereocenters. The first-order valence-corrected chi connectivity index (χ1v) is 24.3. The smallest absolute Gasteiger partial charge is 0.127 e. The van der Waals surface area contributed by atoms with Crippen molar-refractivity contribution >= 4 is 0 Å². The third-order valence-electron chi connectivity index (χ3n) is 13.1. The molecule has 0 radical (unpaired) electrons. The summed E-state index contributed by atoms with van der Waals surface area (Å²) in [6.45, 7) is 12.0. The molecular weight excluding hydrogens is 1070 g/mol. The molecule has 11 rings (SSSR count). The van der Waals surface area contributed by atoms with E-state index in [1.54, 1.807) is 0 Å². The Kier molecular flexibility index (Phi) is 17.0. The molecule has 0 spiro atoms. The van der Waals surface area contributed by atoms with Crippen LogP contribution in [-0.4, -0.2) is 23.4 Å². The van der Waals surface area contributed by atoms with E-state index in [1.807, 2.05) is 91.0 Å². The van der Waals surface area contributed by atoms with Crippen LogP contribution in [0.3, 0.4) is 0 Å². The largest absolute Gasteiger partial charge is 0.507 e. The molecule has 0 saturated heterocycles. The van der Waals surface area contributed by atoms with E-state index in [2.05, 4.69) is 166 Å². The summed E-state index contributed by atoms with van der Waals surface area (Å²) in [6, 6.07) is 68.1. The van der Waals surface area contributed by atoms with E-state index in [4.69, 9.17) is 15.9 Å². The standard InChI is InChI=1S/C55H44O4.C7H7.C7H3.Hf.2H2/c1-34-30-46(54(56)48(32-34)52-42-22-7-3-16-36(42)37-17-4-8-23-43(37)52)40-20-11-13-26-50(40)58-28-15-29-59-51-27-14-12-21-41(51)47-31-35(2)33-49(55(47)57)53-44-24-9-5-18-38(44)39-19-6-10-25-45(39)53;1-7-5-3-2-4-6-7;1-3-5-7-6-4-2;;;/h3-14,16-27,30-33,52-53,56-57H,15,28-29H2,1-2H3;2-6H,1H2;1H,2H2;;2*1H/q;2*-1;;;. The molecule has 0 atom stereocenters. The van der Waals surface area contributed by atoms with E-state index < -0.39 is 0 Å². The van der Waals surface area contributed by atoms with Crippen LogP contribution in [0.5, 0.6) is 23.0 Å². The predicted octanol–water partition coefficient (Wildman–Crippen LogP) is 16.0. The average Bonchev–Trinajstić information content (AvgIpc) is 3.94. The summed E-state index contributed by atoms with van der Waals surface area (Å²) < 4.78 is 12.9. The predicted molar refractivity (Wildman–Crippen MR) is 303 cm³/mol. The van der Waals surface area contributed by atoms with Crippen molar-refractivity contribution in [2.75, 3.05) is 13.2 Å². The van der Waals surface area contributed by atoms with Crippen LogP contribution < -0.4 is 9.47 Å². The molecular formula is C69H58HfO4-2. The Morgan fingerprint density at radius 2 is 0.797 bits per heavy atom. The van der Waals surface area contributed by atoms with E-state index in [1.165, 1.54) is 44.5 Å². The summed E-state index contributed by atoms with van der Waals surface area (Å²) in [4.78, 5) is 0. The van der Waals surface area contributed by atoms with Crippen molar-refractivity contribution in [3.63, 3.8) is 0 Å². The van der Waals surface area contributed by atoms with Gasteiger partial charge in [-0.15, -0.1) is 24.5 Å². The second kappa shape index (κ2) is 24.3. The first-order chi connectivity index (χ1) is 35.8. The molecule has 0 fully saturated rings. The minimum Gasteiger partial charge on any atom is -0.507 e. The fourth-order valence-electron chi connectivity index (χ4n) is 10.1. The Morgan fingerprint density at radius 3 is 1.15 bits per heavy atom. The molecule has 364 valence electrons. The Hall–Kier alpha value is -8.53. The third-order valence-corrected chi connectivity index (χ3v) is 13.1. The zero-order valence-corrected chi connectivity index (χ0v) is 45.1. The van der Waals surface area contributed by atoms with Gasteiger partial charge in [-0.3, -0.25) is 5.92 Å². The number of fused-ring (bicyclic) bond motifs is 6. The van der Waals surface area contributed by atoms with E-state index in [9.17, 15) is 10.2 Å². The number of hydrogen-bond acceptors (Lipinski definition) is 4. The average molecular weight is 1130 g/mol. The van der Waals surface area contributed by atoms with Gasteiger partial charge in [-0.2, -0.15) is 31.5 Å². The van der Waals surface area contributed by atoms with Crippen molar-refractivity contribution in [3.8, 4) is 104 Å². The summed E-state index contributed by atoms with van der Waals surface area (Å²) in [7, 11) is 0. The molecule has 0 bridgehead atoms. The molecule has 5 heteroatoms. The van der Waals surface area contributed by atoms with Crippen molar-refractivity contribution in [2.45, 2.75) is 32.1 Å². The van der Waals surface area contributed by atoms with E-state index in [-0.39, 0.29) is 52.0 Å². The second-order valence-corrected chi connectivity index (χ2v) is 17.9. The normalized spacial score (nSPS) is 11.3. The monoisotopic (exact) mass is 1130 g/mol. The van der Waals surface area contributed by atoms with Gasteiger partial charge in [0.2, 0.25) is 0 Å². The fourth-order valence-corrected chi connectivity index (χ4v) is 10.1. The molecule has 0 aromatic heterocycles. The molecule has 2 aliphatic carbocycles. The molecule has 0 aliphatic heterocycles. The van der Waals surface area contributed by atoms with Crippen LogP contribution >= 0.6 is 0 Å². The number of aromatic hydroxyl groups is 2. The molecule has 0 amide bonds. The Bertz CT molecular complexity index is 3340. The summed E-state index contributed by atoms with van der Waals surface area (Å²) in [6.07, 6.45) is 5.39. The summed E-state index contributed by atoms with van der Waals surface area (Å²) in [5.41, 5.74) is 17.9. The van der Waals surface area contributed by atoms with Crippen LogP contribution in [0, 0.1) is 63.7 Å². The number of phenols is 2. The maximum absolute atomic E-state index is 12.1. The molecule has 0 saturated carbocycles. The van der Waals surface area contributed by atoms with Crippen molar-refractivity contribution < 1.29 is 48.4 Å². The van der Waals surface area contributed by atoms with Gasteiger partial charge in [-0.25, -0.2) is 5.92 Å².